The molecule has 0 saturated carbocycles. The molecule has 0 spiro atoms. The first-order chi connectivity index (χ1) is 9.88. The smallest absolute Gasteiger partial charge is 0.0705 e. The lowest BCUT2D eigenvalue weighted by molar-refractivity contribution is 0.520. The summed E-state index contributed by atoms with van der Waals surface area (Å²) in [6.07, 6.45) is 3.82. The van der Waals surface area contributed by atoms with Crippen molar-refractivity contribution in [2.45, 2.75) is 18.9 Å². The molecule has 20 heavy (non-hydrogen) atoms. The predicted octanol–water partition coefficient (Wildman–Crippen LogP) is 3.43. The number of fused-ring (bicyclic) bond motifs is 1. The highest BCUT2D eigenvalue weighted by Crippen LogP contribution is 2.26. The summed E-state index contributed by atoms with van der Waals surface area (Å²) in [6, 6.07) is 12.6. The summed E-state index contributed by atoms with van der Waals surface area (Å²) in [4.78, 5) is 4.40. The minimum absolute atomic E-state index is 0.141. The molecule has 0 aliphatic carbocycles. The Kier molecular flexibility index (Phi) is 4.06. The number of nitrogens with one attached hydrogen (secondary N) is 1. The standard InChI is InChI=1S/C16H17N3S/c17-19-16(7-6-12-8-10-20-11-12)14-3-1-5-15-13(14)4-2-9-18-15/h1-5,8-11,16,19H,6-7,17H2. The van der Waals surface area contributed by atoms with Gasteiger partial charge in [-0.15, -0.1) is 0 Å². The maximum absolute atomic E-state index is 5.77. The van der Waals surface area contributed by atoms with Gasteiger partial charge >= 0.3 is 0 Å². The van der Waals surface area contributed by atoms with Gasteiger partial charge in [-0.2, -0.15) is 11.3 Å². The Morgan fingerprint density at radius 2 is 2.15 bits per heavy atom. The van der Waals surface area contributed by atoms with Gasteiger partial charge < -0.3 is 0 Å². The largest absolute Gasteiger partial charge is 0.271 e. The number of aryl methyl sites for hydroxylation is 1. The molecule has 102 valence electrons. The molecule has 4 heteroatoms. The maximum Gasteiger partial charge on any atom is 0.0705 e. The van der Waals surface area contributed by atoms with Gasteiger partial charge in [0.05, 0.1) is 5.52 Å². The molecule has 3 N–H and O–H groups in total. The summed E-state index contributed by atoms with van der Waals surface area (Å²) in [5, 5.41) is 5.48. The molecule has 1 unspecified atom stereocenters. The summed E-state index contributed by atoms with van der Waals surface area (Å²) >= 11 is 1.74. The van der Waals surface area contributed by atoms with Crippen LogP contribution in [0.2, 0.25) is 0 Å². The third-order valence-electron chi connectivity index (χ3n) is 3.56. The van der Waals surface area contributed by atoms with Crippen LogP contribution in [-0.2, 0) is 6.42 Å². The van der Waals surface area contributed by atoms with Crippen LogP contribution >= 0.6 is 11.3 Å². The highest BCUT2D eigenvalue weighted by atomic mass is 32.1. The first-order valence-electron chi connectivity index (χ1n) is 6.69. The predicted molar refractivity (Wildman–Crippen MR) is 84.4 cm³/mol. The van der Waals surface area contributed by atoms with E-state index in [1.54, 1.807) is 11.3 Å². The normalized spacial score (nSPS) is 12.7. The van der Waals surface area contributed by atoms with Crippen LogP contribution in [0.25, 0.3) is 10.9 Å². The number of nitrogens with zero attached hydrogens (tertiary/aromatic N) is 1. The first-order valence-corrected chi connectivity index (χ1v) is 7.63. The van der Waals surface area contributed by atoms with Gasteiger partial charge in [-0.05, 0) is 52.9 Å². The molecule has 2 aromatic heterocycles. The van der Waals surface area contributed by atoms with Crippen LogP contribution in [0.1, 0.15) is 23.6 Å². The zero-order valence-corrected chi connectivity index (χ0v) is 11.9. The number of benzene rings is 1. The van der Waals surface area contributed by atoms with Gasteiger partial charge in [-0.3, -0.25) is 16.3 Å². The van der Waals surface area contributed by atoms with Crippen molar-refractivity contribution < 1.29 is 0 Å². The highest BCUT2D eigenvalue weighted by molar-refractivity contribution is 7.07. The molecule has 0 fully saturated rings. The monoisotopic (exact) mass is 283 g/mol. The lowest BCUT2D eigenvalue weighted by Crippen LogP contribution is -2.28. The molecule has 2 heterocycles. The summed E-state index contributed by atoms with van der Waals surface area (Å²) in [6.45, 7) is 0. The number of hydrazine groups is 1. The third-order valence-corrected chi connectivity index (χ3v) is 4.29. The SMILES string of the molecule is NNC(CCc1ccsc1)c1cccc2ncccc12. The fraction of sp³-hybridized carbons (Fsp3) is 0.188. The molecule has 0 amide bonds. The Hall–Kier alpha value is -1.75. The van der Waals surface area contributed by atoms with Crippen LogP contribution in [0, 0.1) is 0 Å². The molecule has 0 radical (unpaired) electrons. The van der Waals surface area contributed by atoms with Gasteiger partial charge in [0, 0.05) is 17.6 Å². The molecule has 0 saturated heterocycles. The second-order valence-electron chi connectivity index (χ2n) is 4.81. The van der Waals surface area contributed by atoms with E-state index in [2.05, 4.69) is 39.4 Å². The lowest BCUT2D eigenvalue weighted by atomic mass is 9.97. The molecule has 1 atom stereocenters. The van der Waals surface area contributed by atoms with E-state index in [0.29, 0.717) is 0 Å². The van der Waals surface area contributed by atoms with Crippen LogP contribution in [0.15, 0.2) is 53.4 Å². The van der Waals surface area contributed by atoms with Gasteiger partial charge in [0.1, 0.15) is 0 Å². The van der Waals surface area contributed by atoms with Crippen LogP contribution < -0.4 is 11.3 Å². The maximum atomic E-state index is 5.77. The average molecular weight is 283 g/mol. The second-order valence-corrected chi connectivity index (χ2v) is 5.59. The second kappa shape index (κ2) is 6.13. The van der Waals surface area contributed by atoms with E-state index in [4.69, 9.17) is 5.84 Å². The van der Waals surface area contributed by atoms with Gasteiger partial charge in [-0.1, -0.05) is 18.2 Å². The van der Waals surface area contributed by atoms with Crippen molar-refractivity contribution in [2.75, 3.05) is 0 Å². The number of hydrogen-bond donors (Lipinski definition) is 2. The Morgan fingerprint density at radius 3 is 2.95 bits per heavy atom. The van der Waals surface area contributed by atoms with Crippen molar-refractivity contribution in [2.24, 2.45) is 5.84 Å². The Balaban J connectivity index is 1.87. The van der Waals surface area contributed by atoms with Gasteiger partial charge in [0.2, 0.25) is 0 Å². The van der Waals surface area contributed by atoms with Crippen molar-refractivity contribution in [3.05, 3.63) is 64.5 Å². The molecular weight excluding hydrogens is 266 g/mol. The number of hydrogen-bond acceptors (Lipinski definition) is 4. The van der Waals surface area contributed by atoms with E-state index in [1.807, 2.05) is 24.4 Å². The van der Waals surface area contributed by atoms with Crippen molar-refractivity contribution in [3.63, 3.8) is 0 Å². The Morgan fingerprint density at radius 1 is 1.20 bits per heavy atom. The fourth-order valence-corrected chi connectivity index (χ4v) is 3.21. The lowest BCUT2D eigenvalue weighted by Gasteiger charge is -2.18. The van der Waals surface area contributed by atoms with E-state index in [0.717, 1.165) is 18.4 Å². The molecule has 3 aromatic rings. The zero-order chi connectivity index (χ0) is 13.8. The topological polar surface area (TPSA) is 50.9 Å². The van der Waals surface area contributed by atoms with Gasteiger partial charge in [-0.25, -0.2) is 0 Å². The number of aromatic nitrogens is 1. The number of rotatable bonds is 5. The number of pyridine rings is 1. The van der Waals surface area contributed by atoms with Crippen LogP contribution in [0.4, 0.5) is 0 Å². The Labute approximate surface area is 122 Å². The zero-order valence-electron chi connectivity index (χ0n) is 11.1. The summed E-state index contributed by atoms with van der Waals surface area (Å²) in [7, 11) is 0. The quantitative estimate of drug-likeness (QED) is 0.557. The van der Waals surface area contributed by atoms with Crippen LogP contribution in [0.3, 0.4) is 0 Å². The van der Waals surface area contributed by atoms with Crippen molar-refractivity contribution >= 4 is 22.2 Å². The highest BCUT2D eigenvalue weighted by Gasteiger charge is 2.13. The average Bonchev–Trinajstić information content (AvgIpc) is 3.01. The van der Waals surface area contributed by atoms with E-state index in [-0.39, 0.29) is 6.04 Å². The van der Waals surface area contributed by atoms with Crippen molar-refractivity contribution in [3.8, 4) is 0 Å². The van der Waals surface area contributed by atoms with E-state index in [9.17, 15) is 0 Å². The van der Waals surface area contributed by atoms with Crippen LogP contribution in [0.5, 0.6) is 0 Å². The number of thiophene rings is 1. The first kappa shape index (κ1) is 13.2. The summed E-state index contributed by atoms with van der Waals surface area (Å²) in [5.74, 6) is 5.77. The minimum Gasteiger partial charge on any atom is -0.271 e. The Bertz CT molecular complexity index is 674. The third kappa shape index (κ3) is 2.72. The van der Waals surface area contributed by atoms with E-state index in [1.165, 1.54) is 16.5 Å². The minimum atomic E-state index is 0.141. The van der Waals surface area contributed by atoms with Crippen molar-refractivity contribution in [1.82, 2.24) is 10.4 Å². The van der Waals surface area contributed by atoms with Crippen LogP contribution in [-0.4, -0.2) is 4.98 Å². The molecular formula is C16H17N3S. The molecule has 0 aliphatic rings. The van der Waals surface area contributed by atoms with E-state index >= 15 is 0 Å². The molecule has 0 bridgehead atoms. The molecule has 3 nitrogen and oxygen atoms in total. The molecule has 1 aromatic carbocycles. The summed E-state index contributed by atoms with van der Waals surface area (Å²) < 4.78 is 0. The van der Waals surface area contributed by atoms with Crippen molar-refractivity contribution in [1.29, 1.82) is 0 Å². The number of nitrogens with two attached hydrogens (primary N) is 1. The van der Waals surface area contributed by atoms with Gasteiger partial charge in [0.15, 0.2) is 0 Å². The van der Waals surface area contributed by atoms with E-state index < -0.39 is 0 Å². The molecule has 3 rings (SSSR count). The molecule has 0 aliphatic heterocycles. The fourth-order valence-electron chi connectivity index (χ4n) is 2.51. The summed E-state index contributed by atoms with van der Waals surface area (Å²) in [5.41, 5.74) is 6.55. The van der Waals surface area contributed by atoms with Gasteiger partial charge in [0.25, 0.3) is 0 Å².